The maximum atomic E-state index is 11.3. The molecule has 3 aromatic carbocycles. The van der Waals surface area contributed by atoms with Crippen LogP contribution in [0.15, 0.2) is 72.8 Å². The number of benzene rings is 3. The number of carboxylic acid groups (broad SMARTS) is 1. The largest absolute Gasteiger partial charge is 0.508 e. The number of aromatic nitrogens is 2. The molecule has 0 saturated carbocycles. The van der Waals surface area contributed by atoms with Crippen molar-refractivity contribution in [1.29, 1.82) is 0 Å². The minimum Gasteiger partial charge on any atom is -0.508 e. The van der Waals surface area contributed by atoms with Gasteiger partial charge in [0.1, 0.15) is 5.75 Å². The van der Waals surface area contributed by atoms with Crippen molar-refractivity contribution in [2.45, 2.75) is 0 Å². The lowest BCUT2D eigenvalue weighted by atomic mass is 10.0. The summed E-state index contributed by atoms with van der Waals surface area (Å²) in [5.41, 5.74) is 4.11. The van der Waals surface area contributed by atoms with Gasteiger partial charge in [0.25, 0.3) is 0 Å². The highest BCUT2D eigenvalue weighted by Crippen LogP contribution is 2.32. The van der Waals surface area contributed by atoms with Crippen LogP contribution in [0.2, 0.25) is 0 Å². The summed E-state index contributed by atoms with van der Waals surface area (Å²) in [6.45, 7) is 0. The maximum Gasteiger partial charge on any atom is 0.335 e. The minimum absolute atomic E-state index is 0.127. The van der Waals surface area contributed by atoms with Gasteiger partial charge in [0.2, 0.25) is 0 Å². The zero-order valence-electron chi connectivity index (χ0n) is 13.6. The Morgan fingerprint density at radius 3 is 2.15 bits per heavy atom. The third kappa shape index (κ3) is 2.86. The molecular weight excluding hydrogens is 328 g/mol. The van der Waals surface area contributed by atoms with E-state index in [1.807, 2.05) is 36.4 Å². The standard InChI is InChI=1S/C21H14N2O3/c24-16-8-4-7-14(11-16)20-19(13-5-2-1-3-6-13)22-17-10-9-15(21(25)26)12-18(17)23-20/h1-12,24H,(H,25,26). The third-order valence-electron chi connectivity index (χ3n) is 4.08. The Morgan fingerprint density at radius 1 is 0.731 bits per heavy atom. The number of fused-ring (bicyclic) bond motifs is 1. The Kier molecular flexibility index (Phi) is 3.82. The summed E-state index contributed by atoms with van der Waals surface area (Å²) in [5.74, 6) is -0.887. The molecule has 0 aliphatic carbocycles. The first-order valence-corrected chi connectivity index (χ1v) is 8.02. The van der Waals surface area contributed by atoms with Crippen LogP contribution in [0.3, 0.4) is 0 Å². The van der Waals surface area contributed by atoms with Gasteiger partial charge in [0.05, 0.1) is 28.0 Å². The number of nitrogens with zero attached hydrogens (tertiary/aromatic N) is 2. The van der Waals surface area contributed by atoms with Gasteiger partial charge in [-0.15, -0.1) is 0 Å². The van der Waals surface area contributed by atoms with Gasteiger partial charge in [-0.1, -0.05) is 42.5 Å². The first-order valence-electron chi connectivity index (χ1n) is 8.02. The topological polar surface area (TPSA) is 83.3 Å². The molecule has 0 spiro atoms. The Balaban J connectivity index is 2.03. The quantitative estimate of drug-likeness (QED) is 0.578. The fraction of sp³-hybridized carbons (Fsp3) is 0. The molecule has 0 atom stereocenters. The number of aromatic carboxylic acids is 1. The number of hydrogen-bond donors (Lipinski definition) is 2. The molecule has 1 aromatic heterocycles. The number of aromatic hydroxyl groups is 1. The minimum atomic E-state index is -1.01. The van der Waals surface area contributed by atoms with Gasteiger partial charge in [0, 0.05) is 11.1 Å². The van der Waals surface area contributed by atoms with Crippen LogP contribution in [-0.2, 0) is 0 Å². The Bertz CT molecular complexity index is 1120. The van der Waals surface area contributed by atoms with Gasteiger partial charge >= 0.3 is 5.97 Å². The summed E-state index contributed by atoms with van der Waals surface area (Å²) in [4.78, 5) is 20.6. The van der Waals surface area contributed by atoms with E-state index < -0.39 is 5.97 Å². The summed E-state index contributed by atoms with van der Waals surface area (Å²) < 4.78 is 0. The highest BCUT2D eigenvalue weighted by molar-refractivity contribution is 5.94. The third-order valence-corrected chi connectivity index (χ3v) is 4.08. The van der Waals surface area contributed by atoms with Crippen LogP contribution >= 0.6 is 0 Å². The van der Waals surface area contributed by atoms with E-state index in [0.717, 1.165) is 5.56 Å². The van der Waals surface area contributed by atoms with Crippen LogP contribution < -0.4 is 0 Å². The molecular formula is C21H14N2O3. The molecule has 5 nitrogen and oxygen atoms in total. The molecule has 0 aliphatic heterocycles. The van der Waals surface area contributed by atoms with E-state index in [0.29, 0.717) is 28.0 Å². The second-order valence-corrected chi connectivity index (χ2v) is 5.85. The van der Waals surface area contributed by atoms with Gasteiger partial charge in [-0.3, -0.25) is 0 Å². The van der Waals surface area contributed by atoms with Gasteiger partial charge in [0.15, 0.2) is 0 Å². The van der Waals surface area contributed by atoms with E-state index in [1.54, 1.807) is 24.3 Å². The predicted molar refractivity (Wildman–Crippen MR) is 99.0 cm³/mol. The highest BCUT2D eigenvalue weighted by Gasteiger charge is 2.14. The number of rotatable bonds is 3. The molecule has 0 saturated heterocycles. The van der Waals surface area contributed by atoms with E-state index >= 15 is 0 Å². The molecule has 0 unspecified atom stereocenters. The van der Waals surface area contributed by atoms with Crippen LogP contribution in [0.4, 0.5) is 0 Å². The summed E-state index contributed by atoms with van der Waals surface area (Å²) in [5, 5.41) is 19.1. The molecule has 0 fully saturated rings. The maximum absolute atomic E-state index is 11.3. The fourth-order valence-electron chi connectivity index (χ4n) is 2.84. The first-order chi connectivity index (χ1) is 12.6. The van der Waals surface area contributed by atoms with E-state index in [-0.39, 0.29) is 11.3 Å². The monoisotopic (exact) mass is 342 g/mol. The average Bonchev–Trinajstić information content (AvgIpc) is 2.67. The number of carboxylic acids is 1. The number of phenolic OH excluding ortho intramolecular Hbond substituents is 1. The summed E-state index contributed by atoms with van der Waals surface area (Å²) in [6.07, 6.45) is 0. The van der Waals surface area contributed by atoms with Crippen molar-refractivity contribution >= 4 is 17.0 Å². The second kappa shape index (κ2) is 6.29. The van der Waals surface area contributed by atoms with Crippen molar-refractivity contribution in [3.05, 3.63) is 78.4 Å². The van der Waals surface area contributed by atoms with Gasteiger partial charge in [-0.25, -0.2) is 14.8 Å². The zero-order valence-corrected chi connectivity index (χ0v) is 13.6. The van der Waals surface area contributed by atoms with Gasteiger partial charge < -0.3 is 10.2 Å². The van der Waals surface area contributed by atoms with E-state index in [9.17, 15) is 15.0 Å². The molecule has 1 heterocycles. The van der Waals surface area contributed by atoms with Crippen molar-refractivity contribution in [3.63, 3.8) is 0 Å². The van der Waals surface area contributed by atoms with E-state index in [2.05, 4.69) is 4.98 Å². The fourth-order valence-corrected chi connectivity index (χ4v) is 2.84. The van der Waals surface area contributed by atoms with Crippen molar-refractivity contribution < 1.29 is 15.0 Å². The smallest absolute Gasteiger partial charge is 0.335 e. The lowest BCUT2D eigenvalue weighted by Crippen LogP contribution is -1.99. The number of phenols is 1. The molecule has 5 heteroatoms. The van der Waals surface area contributed by atoms with Crippen LogP contribution in [0.5, 0.6) is 5.75 Å². The predicted octanol–water partition coefficient (Wildman–Crippen LogP) is 4.37. The van der Waals surface area contributed by atoms with Crippen LogP contribution in [0, 0.1) is 0 Å². The van der Waals surface area contributed by atoms with Crippen LogP contribution in [0.1, 0.15) is 10.4 Å². The molecule has 4 rings (SSSR count). The zero-order chi connectivity index (χ0) is 18.1. The number of carbonyl (C=O) groups is 1. The summed E-state index contributed by atoms with van der Waals surface area (Å²) >= 11 is 0. The van der Waals surface area contributed by atoms with Crippen LogP contribution in [-0.4, -0.2) is 26.2 Å². The van der Waals surface area contributed by atoms with Crippen molar-refractivity contribution in [1.82, 2.24) is 9.97 Å². The Morgan fingerprint density at radius 2 is 1.42 bits per heavy atom. The molecule has 0 aliphatic rings. The molecule has 4 aromatic rings. The highest BCUT2D eigenvalue weighted by atomic mass is 16.4. The van der Waals surface area contributed by atoms with E-state index in [4.69, 9.17) is 4.98 Å². The normalized spacial score (nSPS) is 10.8. The first kappa shape index (κ1) is 15.8. The summed E-state index contributed by atoms with van der Waals surface area (Å²) in [6, 6.07) is 21.1. The second-order valence-electron chi connectivity index (χ2n) is 5.85. The van der Waals surface area contributed by atoms with E-state index in [1.165, 1.54) is 12.1 Å². The molecule has 0 amide bonds. The molecule has 26 heavy (non-hydrogen) atoms. The van der Waals surface area contributed by atoms with Gasteiger partial charge in [-0.05, 0) is 30.3 Å². The summed E-state index contributed by atoms with van der Waals surface area (Å²) in [7, 11) is 0. The Labute approximate surface area is 149 Å². The Hall–Kier alpha value is -3.73. The lowest BCUT2D eigenvalue weighted by molar-refractivity contribution is 0.0697. The van der Waals surface area contributed by atoms with Gasteiger partial charge in [-0.2, -0.15) is 0 Å². The van der Waals surface area contributed by atoms with Crippen molar-refractivity contribution in [3.8, 4) is 28.3 Å². The molecule has 126 valence electrons. The van der Waals surface area contributed by atoms with Crippen molar-refractivity contribution in [2.75, 3.05) is 0 Å². The number of hydrogen-bond acceptors (Lipinski definition) is 4. The van der Waals surface area contributed by atoms with Crippen LogP contribution in [0.25, 0.3) is 33.5 Å². The average molecular weight is 342 g/mol. The molecule has 0 bridgehead atoms. The van der Waals surface area contributed by atoms with Crippen molar-refractivity contribution in [2.24, 2.45) is 0 Å². The lowest BCUT2D eigenvalue weighted by Gasteiger charge is -2.11. The molecule has 2 N–H and O–H groups in total. The molecule has 0 radical (unpaired) electrons. The SMILES string of the molecule is O=C(O)c1ccc2nc(-c3ccccc3)c(-c3cccc(O)c3)nc2c1.